The van der Waals surface area contributed by atoms with Crippen molar-refractivity contribution in [3.63, 3.8) is 0 Å². The van der Waals surface area contributed by atoms with Crippen LogP contribution in [0.1, 0.15) is 30.9 Å². The van der Waals surface area contributed by atoms with E-state index in [9.17, 15) is 13.2 Å². The van der Waals surface area contributed by atoms with Gasteiger partial charge in [-0.15, -0.1) is 0 Å². The minimum atomic E-state index is -3.90. The summed E-state index contributed by atoms with van der Waals surface area (Å²) in [6, 6.07) is 12.8. The highest BCUT2D eigenvalue weighted by molar-refractivity contribution is 7.92. The number of hydrogen-bond acceptors (Lipinski definition) is 4. The zero-order chi connectivity index (χ0) is 18.2. The van der Waals surface area contributed by atoms with Gasteiger partial charge in [0.1, 0.15) is 11.0 Å². The van der Waals surface area contributed by atoms with Crippen molar-refractivity contribution in [2.24, 2.45) is 5.92 Å². The van der Waals surface area contributed by atoms with Crippen LogP contribution in [0, 0.1) is 17.2 Å². The van der Waals surface area contributed by atoms with Gasteiger partial charge < -0.3 is 5.32 Å². The van der Waals surface area contributed by atoms with Crippen molar-refractivity contribution >= 4 is 27.3 Å². The number of sulfonamides is 1. The largest absolute Gasteiger partial charge is 0.325 e. The van der Waals surface area contributed by atoms with Gasteiger partial charge in [-0.2, -0.15) is 5.26 Å². The normalized spacial score (nSPS) is 16.2. The number of nitrogens with zero attached hydrogens (tertiary/aromatic N) is 1. The maximum atomic E-state index is 12.6. The van der Waals surface area contributed by atoms with Crippen LogP contribution >= 0.6 is 0 Å². The van der Waals surface area contributed by atoms with Crippen molar-refractivity contribution < 1.29 is 13.2 Å². The van der Waals surface area contributed by atoms with Gasteiger partial charge in [0.15, 0.2) is 0 Å². The van der Waals surface area contributed by atoms with Crippen molar-refractivity contribution in [2.75, 3.05) is 10.0 Å². The zero-order valence-electron chi connectivity index (χ0n) is 13.8. The fraction of sp³-hybridized carbons (Fsp3) is 0.222. The molecule has 0 radical (unpaired) electrons. The van der Waals surface area contributed by atoms with Crippen molar-refractivity contribution in [2.45, 2.75) is 24.7 Å². The molecule has 1 aliphatic heterocycles. The standard InChI is InChI=1S/C18H17N3O3S/c1-11(2)17-14-9-13(7-8-15(14)20-18(17)22)21-25(23,24)16-6-4-3-5-12(16)10-19/h3-9,11,17,21H,1-2H3,(H,20,22). The highest BCUT2D eigenvalue weighted by atomic mass is 32.2. The fourth-order valence-corrected chi connectivity index (χ4v) is 4.22. The Morgan fingerprint density at radius 3 is 2.60 bits per heavy atom. The van der Waals surface area contributed by atoms with E-state index in [-0.39, 0.29) is 28.2 Å². The van der Waals surface area contributed by atoms with E-state index in [1.54, 1.807) is 30.3 Å². The molecule has 7 heteroatoms. The first-order valence-electron chi connectivity index (χ1n) is 7.80. The highest BCUT2D eigenvalue weighted by Gasteiger charge is 2.33. The quantitative estimate of drug-likeness (QED) is 0.880. The molecule has 0 saturated heterocycles. The van der Waals surface area contributed by atoms with Gasteiger partial charge in [-0.1, -0.05) is 26.0 Å². The van der Waals surface area contributed by atoms with Gasteiger partial charge in [0, 0.05) is 11.4 Å². The Bertz CT molecular complexity index is 991. The second kappa shape index (κ2) is 6.22. The molecule has 1 atom stereocenters. The SMILES string of the molecule is CC(C)C1C(=O)Nc2ccc(NS(=O)(=O)c3ccccc3C#N)cc21. The third-order valence-corrected chi connectivity index (χ3v) is 5.58. The van der Waals surface area contributed by atoms with E-state index >= 15 is 0 Å². The Hall–Kier alpha value is -2.85. The van der Waals surface area contributed by atoms with E-state index in [0.717, 1.165) is 5.56 Å². The summed E-state index contributed by atoms with van der Waals surface area (Å²) in [6.45, 7) is 3.89. The Morgan fingerprint density at radius 1 is 1.20 bits per heavy atom. The maximum Gasteiger partial charge on any atom is 0.263 e. The molecule has 0 saturated carbocycles. The topological polar surface area (TPSA) is 99.1 Å². The van der Waals surface area contributed by atoms with Crippen LogP contribution in [-0.4, -0.2) is 14.3 Å². The summed E-state index contributed by atoms with van der Waals surface area (Å²) < 4.78 is 27.7. The number of nitriles is 1. The summed E-state index contributed by atoms with van der Waals surface area (Å²) >= 11 is 0. The smallest absolute Gasteiger partial charge is 0.263 e. The Morgan fingerprint density at radius 2 is 1.92 bits per heavy atom. The van der Waals surface area contributed by atoms with E-state index in [4.69, 9.17) is 5.26 Å². The summed E-state index contributed by atoms with van der Waals surface area (Å²) in [7, 11) is -3.90. The second-order valence-corrected chi connectivity index (χ2v) is 7.88. The van der Waals surface area contributed by atoms with E-state index in [2.05, 4.69) is 10.0 Å². The fourth-order valence-electron chi connectivity index (χ4n) is 3.01. The van der Waals surface area contributed by atoms with E-state index in [0.29, 0.717) is 11.4 Å². The monoisotopic (exact) mass is 355 g/mol. The van der Waals surface area contributed by atoms with E-state index in [1.807, 2.05) is 19.9 Å². The van der Waals surface area contributed by atoms with Gasteiger partial charge in [0.2, 0.25) is 5.91 Å². The lowest BCUT2D eigenvalue weighted by Gasteiger charge is -2.14. The van der Waals surface area contributed by atoms with Gasteiger partial charge >= 0.3 is 0 Å². The van der Waals surface area contributed by atoms with Gasteiger partial charge in [0.25, 0.3) is 10.0 Å². The number of benzene rings is 2. The molecule has 0 fully saturated rings. The van der Waals surface area contributed by atoms with Gasteiger partial charge in [-0.25, -0.2) is 8.42 Å². The summed E-state index contributed by atoms with van der Waals surface area (Å²) in [5, 5.41) is 11.9. The molecule has 0 aromatic heterocycles. The maximum absolute atomic E-state index is 12.6. The lowest BCUT2D eigenvalue weighted by molar-refractivity contribution is -0.117. The number of hydrogen-bond donors (Lipinski definition) is 2. The summed E-state index contributed by atoms with van der Waals surface area (Å²) in [4.78, 5) is 12.0. The number of amides is 1. The highest BCUT2D eigenvalue weighted by Crippen LogP contribution is 2.39. The van der Waals surface area contributed by atoms with Crippen LogP contribution in [0.25, 0.3) is 0 Å². The van der Waals surface area contributed by atoms with Crippen molar-refractivity contribution in [3.8, 4) is 6.07 Å². The lowest BCUT2D eigenvalue weighted by Crippen LogP contribution is -2.17. The number of nitrogens with one attached hydrogen (secondary N) is 2. The molecule has 25 heavy (non-hydrogen) atoms. The van der Waals surface area contributed by atoms with Crippen LogP contribution in [0.4, 0.5) is 11.4 Å². The third kappa shape index (κ3) is 3.08. The lowest BCUT2D eigenvalue weighted by atomic mass is 9.89. The molecule has 1 unspecified atom stereocenters. The zero-order valence-corrected chi connectivity index (χ0v) is 14.6. The van der Waals surface area contributed by atoms with Crippen LogP contribution in [0.5, 0.6) is 0 Å². The molecule has 0 bridgehead atoms. The molecule has 2 N–H and O–H groups in total. The first-order chi connectivity index (χ1) is 11.8. The van der Waals surface area contributed by atoms with Crippen LogP contribution < -0.4 is 10.0 Å². The average molecular weight is 355 g/mol. The van der Waals surface area contributed by atoms with Crippen LogP contribution in [0.2, 0.25) is 0 Å². The number of fused-ring (bicyclic) bond motifs is 1. The molecule has 1 amide bonds. The minimum Gasteiger partial charge on any atom is -0.325 e. The molecule has 3 rings (SSSR count). The predicted octanol–water partition coefficient (Wildman–Crippen LogP) is 3.05. The first-order valence-corrected chi connectivity index (χ1v) is 9.28. The summed E-state index contributed by atoms with van der Waals surface area (Å²) in [5.74, 6) is -0.307. The Kier molecular flexibility index (Phi) is 4.23. The van der Waals surface area contributed by atoms with Crippen LogP contribution in [-0.2, 0) is 14.8 Å². The molecule has 0 aliphatic carbocycles. The first kappa shape index (κ1) is 17.0. The molecule has 2 aromatic carbocycles. The number of rotatable bonds is 4. The van der Waals surface area contributed by atoms with Gasteiger partial charge in [-0.3, -0.25) is 9.52 Å². The molecule has 0 spiro atoms. The number of carbonyl (C=O) groups excluding carboxylic acids is 1. The second-order valence-electron chi connectivity index (χ2n) is 6.23. The summed E-state index contributed by atoms with van der Waals surface area (Å²) in [5.41, 5.74) is 1.90. The summed E-state index contributed by atoms with van der Waals surface area (Å²) in [6.07, 6.45) is 0. The third-order valence-electron chi connectivity index (χ3n) is 4.14. The van der Waals surface area contributed by atoms with E-state index in [1.165, 1.54) is 12.1 Å². The number of carbonyl (C=O) groups is 1. The molecule has 1 aliphatic rings. The predicted molar refractivity (Wildman–Crippen MR) is 94.6 cm³/mol. The van der Waals surface area contributed by atoms with Crippen molar-refractivity contribution in [1.29, 1.82) is 5.26 Å². The van der Waals surface area contributed by atoms with Crippen molar-refractivity contribution in [1.82, 2.24) is 0 Å². The number of anilines is 2. The Balaban J connectivity index is 1.98. The molecule has 2 aromatic rings. The van der Waals surface area contributed by atoms with Gasteiger partial charge in [0.05, 0.1) is 11.5 Å². The van der Waals surface area contributed by atoms with Crippen LogP contribution in [0.15, 0.2) is 47.4 Å². The minimum absolute atomic E-state index is 0.0763. The molecular formula is C18H17N3O3S. The molecule has 1 heterocycles. The molecular weight excluding hydrogens is 338 g/mol. The molecule has 6 nitrogen and oxygen atoms in total. The van der Waals surface area contributed by atoms with Crippen LogP contribution in [0.3, 0.4) is 0 Å². The molecule has 128 valence electrons. The Labute approximate surface area is 146 Å². The van der Waals surface area contributed by atoms with E-state index < -0.39 is 10.0 Å². The average Bonchev–Trinajstić information content (AvgIpc) is 2.89. The van der Waals surface area contributed by atoms with Crippen molar-refractivity contribution in [3.05, 3.63) is 53.6 Å². The van der Waals surface area contributed by atoms with Gasteiger partial charge in [-0.05, 0) is 41.8 Å².